The number of hydrogen-bond acceptors (Lipinski definition) is 4. The van der Waals surface area contributed by atoms with Crippen molar-refractivity contribution in [2.45, 2.75) is 33.1 Å². The minimum atomic E-state index is -0.0558. The summed E-state index contributed by atoms with van der Waals surface area (Å²) < 4.78 is 0. The molecule has 0 atom stereocenters. The van der Waals surface area contributed by atoms with Gasteiger partial charge in [0.25, 0.3) is 5.91 Å². The fraction of sp³-hybridized carbons (Fsp3) is 0.643. The van der Waals surface area contributed by atoms with Crippen LogP contribution in [0.3, 0.4) is 0 Å². The zero-order chi connectivity index (χ0) is 13.8. The van der Waals surface area contributed by atoms with E-state index in [9.17, 15) is 4.79 Å². The second-order valence-electron chi connectivity index (χ2n) is 5.07. The number of anilines is 2. The van der Waals surface area contributed by atoms with E-state index in [2.05, 4.69) is 17.1 Å². The summed E-state index contributed by atoms with van der Waals surface area (Å²) in [5, 5.41) is 3.94. The third kappa shape index (κ3) is 3.21. The van der Waals surface area contributed by atoms with Crippen molar-refractivity contribution in [1.82, 2.24) is 5.32 Å². The Balaban J connectivity index is 2.06. The molecule has 106 valence electrons. The minimum Gasteiger partial charge on any atom is -0.397 e. The van der Waals surface area contributed by atoms with Crippen LogP contribution in [0.15, 0.2) is 6.07 Å². The van der Waals surface area contributed by atoms with Crippen molar-refractivity contribution in [1.29, 1.82) is 0 Å². The van der Waals surface area contributed by atoms with Gasteiger partial charge in [0.15, 0.2) is 0 Å². The highest BCUT2D eigenvalue weighted by molar-refractivity contribution is 7.18. The van der Waals surface area contributed by atoms with Gasteiger partial charge in [0.1, 0.15) is 4.88 Å². The van der Waals surface area contributed by atoms with E-state index in [-0.39, 0.29) is 5.91 Å². The molecule has 3 N–H and O–H groups in total. The third-order valence-corrected chi connectivity index (χ3v) is 5.01. The second-order valence-corrected chi connectivity index (χ2v) is 6.10. The third-order valence-electron chi connectivity index (χ3n) is 3.79. The molecule has 1 amide bonds. The molecule has 4 nitrogen and oxygen atoms in total. The van der Waals surface area contributed by atoms with Crippen molar-refractivity contribution in [3.8, 4) is 0 Å². The molecule has 0 aliphatic carbocycles. The molecule has 0 bridgehead atoms. The standard InChI is InChI=1S/C14H23N3OS/c1-3-10-5-7-17(8-6-10)12-9-11(15)13(19-12)14(18)16-4-2/h9-10H,3-8,15H2,1-2H3,(H,16,18). The van der Waals surface area contributed by atoms with E-state index in [1.165, 1.54) is 30.6 Å². The van der Waals surface area contributed by atoms with Crippen LogP contribution >= 0.6 is 11.3 Å². The Hall–Kier alpha value is -1.23. The topological polar surface area (TPSA) is 58.4 Å². The normalized spacial score (nSPS) is 16.6. The van der Waals surface area contributed by atoms with E-state index in [1.807, 2.05) is 13.0 Å². The first kappa shape index (κ1) is 14.2. The van der Waals surface area contributed by atoms with E-state index in [0.717, 1.165) is 24.0 Å². The molecule has 1 aromatic rings. The molecule has 0 saturated carbocycles. The zero-order valence-corrected chi connectivity index (χ0v) is 12.6. The fourth-order valence-corrected chi connectivity index (χ4v) is 3.58. The molecule has 1 aliphatic heterocycles. The Morgan fingerprint density at radius 1 is 1.47 bits per heavy atom. The lowest BCUT2D eigenvalue weighted by Crippen LogP contribution is -2.32. The summed E-state index contributed by atoms with van der Waals surface area (Å²) in [6, 6.07) is 1.95. The van der Waals surface area contributed by atoms with Crippen LogP contribution in [0.5, 0.6) is 0 Å². The van der Waals surface area contributed by atoms with Crippen LogP contribution in [0.1, 0.15) is 42.8 Å². The largest absolute Gasteiger partial charge is 0.397 e. The van der Waals surface area contributed by atoms with Gasteiger partial charge in [-0.3, -0.25) is 4.79 Å². The first-order valence-corrected chi connectivity index (χ1v) is 7.89. The Kier molecular flexibility index (Phi) is 4.69. The number of nitrogens with two attached hydrogens (primary N) is 1. The monoisotopic (exact) mass is 281 g/mol. The van der Waals surface area contributed by atoms with Gasteiger partial charge in [-0.25, -0.2) is 0 Å². The van der Waals surface area contributed by atoms with Gasteiger partial charge in [-0.15, -0.1) is 11.3 Å². The Morgan fingerprint density at radius 2 is 2.16 bits per heavy atom. The number of nitrogens with one attached hydrogen (secondary N) is 1. The number of nitrogen functional groups attached to an aromatic ring is 1. The lowest BCUT2D eigenvalue weighted by molar-refractivity contribution is 0.0960. The van der Waals surface area contributed by atoms with Gasteiger partial charge < -0.3 is 16.0 Å². The van der Waals surface area contributed by atoms with Crippen LogP contribution in [-0.4, -0.2) is 25.5 Å². The SMILES string of the molecule is CCNC(=O)c1sc(N2CCC(CC)CC2)cc1N. The molecule has 1 fully saturated rings. The first-order valence-electron chi connectivity index (χ1n) is 7.08. The van der Waals surface area contributed by atoms with Gasteiger partial charge >= 0.3 is 0 Å². The molecule has 2 rings (SSSR count). The maximum absolute atomic E-state index is 11.9. The predicted octanol–water partition coefficient (Wildman–Crippen LogP) is 2.71. The Labute approximate surface area is 119 Å². The first-order chi connectivity index (χ1) is 9.15. The number of piperidine rings is 1. The van der Waals surface area contributed by atoms with Gasteiger partial charge in [0.2, 0.25) is 0 Å². The highest BCUT2D eigenvalue weighted by atomic mass is 32.1. The minimum absolute atomic E-state index is 0.0558. The molecule has 0 unspecified atom stereocenters. The van der Waals surface area contributed by atoms with Crippen LogP contribution < -0.4 is 16.0 Å². The Morgan fingerprint density at radius 3 is 2.74 bits per heavy atom. The quantitative estimate of drug-likeness (QED) is 0.892. The van der Waals surface area contributed by atoms with Crippen LogP contribution in [0.4, 0.5) is 10.7 Å². The van der Waals surface area contributed by atoms with E-state index in [4.69, 9.17) is 5.73 Å². The highest BCUT2D eigenvalue weighted by Gasteiger charge is 2.21. The molecule has 19 heavy (non-hydrogen) atoms. The van der Waals surface area contributed by atoms with E-state index in [1.54, 1.807) is 0 Å². The molecular weight excluding hydrogens is 258 g/mol. The lowest BCUT2D eigenvalue weighted by atomic mass is 9.95. The van der Waals surface area contributed by atoms with Crippen LogP contribution in [0, 0.1) is 5.92 Å². The summed E-state index contributed by atoms with van der Waals surface area (Å²) >= 11 is 1.51. The van der Waals surface area contributed by atoms with Crippen molar-refractivity contribution in [3.05, 3.63) is 10.9 Å². The van der Waals surface area contributed by atoms with Gasteiger partial charge in [-0.05, 0) is 31.7 Å². The summed E-state index contributed by atoms with van der Waals surface area (Å²) in [5.41, 5.74) is 6.56. The van der Waals surface area contributed by atoms with Crippen molar-refractivity contribution < 1.29 is 4.79 Å². The molecule has 0 aromatic carbocycles. The van der Waals surface area contributed by atoms with Gasteiger partial charge in [-0.1, -0.05) is 13.3 Å². The zero-order valence-electron chi connectivity index (χ0n) is 11.7. The molecule has 0 spiro atoms. The molecule has 1 saturated heterocycles. The van der Waals surface area contributed by atoms with Crippen molar-refractivity contribution in [2.75, 3.05) is 30.3 Å². The fourth-order valence-electron chi connectivity index (χ4n) is 2.53. The number of hydrogen-bond donors (Lipinski definition) is 2. The van der Waals surface area contributed by atoms with Gasteiger partial charge in [-0.2, -0.15) is 0 Å². The summed E-state index contributed by atoms with van der Waals surface area (Å²) in [6.07, 6.45) is 3.75. The number of carbonyl (C=O) groups is 1. The van der Waals surface area contributed by atoms with E-state index in [0.29, 0.717) is 17.1 Å². The molecular formula is C14H23N3OS. The number of carbonyl (C=O) groups excluding carboxylic acids is 1. The van der Waals surface area contributed by atoms with Crippen molar-refractivity contribution in [2.24, 2.45) is 5.92 Å². The summed E-state index contributed by atoms with van der Waals surface area (Å²) in [5.74, 6) is 0.802. The van der Waals surface area contributed by atoms with Crippen LogP contribution in [0.25, 0.3) is 0 Å². The second kappa shape index (κ2) is 6.28. The smallest absolute Gasteiger partial charge is 0.263 e. The Bertz CT molecular complexity index is 436. The predicted molar refractivity (Wildman–Crippen MR) is 82.0 cm³/mol. The number of thiophene rings is 1. The molecule has 2 heterocycles. The van der Waals surface area contributed by atoms with Crippen molar-refractivity contribution in [3.63, 3.8) is 0 Å². The molecule has 0 radical (unpaired) electrons. The summed E-state index contributed by atoms with van der Waals surface area (Å²) in [7, 11) is 0. The lowest BCUT2D eigenvalue weighted by Gasteiger charge is -2.32. The number of rotatable bonds is 4. The van der Waals surface area contributed by atoms with Crippen molar-refractivity contribution >= 4 is 27.9 Å². The maximum Gasteiger partial charge on any atom is 0.263 e. The molecule has 1 aromatic heterocycles. The average molecular weight is 281 g/mol. The maximum atomic E-state index is 11.9. The molecule has 1 aliphatic rings. The van der Waals surface area contributed by atoms with Gasteiger partial charge in [0, 0.05) is 19.6 Å². The average Bonchev–Trinajstić information content (AvgIpc) is 2.81. The van der Waals surface area contributed by atoms with Crippen LogP contribution in [-0.2, 0) is 0 Å². The highest BCUT2D eigenvalue weighted by Crippen LogP contribution is 2.34. The summed E-state index contributed by atoms with van der Waals surface area (Å²) in [4.78, 5) is 14.9. The van der Waals surface area contributed by atoms with Crippen LogP contribution in [0.2, 0.25) is 0 Å². The molecule has 5 heteroatoms. The van der Waals surface area contributed by atoms with Gasteiger partial charge in [0.05, 0.1) is 10.7 Å². The number of nitrogens with zero attached hydrogens (tertiary/aromatic N) is 1. The van der Waals surface area contributed by atoms with E-state index < -0.39 is 0 Å². The van der Waals surface area contributed by atoms with E-state index >= 15 is 0 Å². The number of amides is 1. The summed E-state index contributed by atoms with van der Waals surface area (Å²) in [6.45, 7) is 6.96.